The standard InChI is InChI=1S/C25H30N2O3/c1-4-14-26-24(29)25(18-27(15-16-30-25)23(28)19(2)3)17-21-12-8-9-13-22(21)20-10-6-5-7-11-20/h4-13,19H,1,14-18H2,2-3H3,(H,26,29)/t25-/m1/s1. The van der Waals surface area contributed by atoms with Crippen molar-refractivity contribution < 1.29 is 14.3 Å². The van der Waals surface area contributed by atoms with Gasteiger partial charge in [-0.15, -0.1) is 6.58 Å². The number of ether oxygens (including phenoxy) is 1. The van der Waals surface area contributed by atoms with Gasteiger partial charge in [0.15, 0.2) is 5.60 Å². The second kappa shape index (κ2) is 9.72. The summed E-state index contributed by atoms with van der Waals surface area (Å²) in [6.07, 6.45) is 2.02. The number of hydrogen-bond acceptors (Lipinski definition) is 3. The molecule has 2 aromatic rings. The van der Waals surface area contributed by atoms with Crippen molar-refractivity contribution in [3.63, 3.8) is 0 Å². The van der Waals surface area contributed by atoms with Crippen LogP contribution in [-0.4, -0.2) is 48.6 Å². The molecule has 1 aliphatic heterocycles. The highest BCUT2D eigenvalue weighted by atomic mass is 16.5. The Kier molecular flexibility index (Phi) is 7.06. The number of benzene rings is 2. The Hall–Kier alpha value is -2.92. The molecule has 5 heteroatoms. The van der Waals surface area contributed by atoms with Gasteiger partial charge in [-0.3, -0.25) is 9.59 Å². The predicted molar refractivity (Wildman–Crippen MR) is 119 cm³/mol. The highest BCUT2D eigenvalue weighted by molar-refractivity contribution is 5.88. The summed E-state index contributed by atoms with van der Waals surface area (Å²) in [5.41, 5.74) is 2.01. The summed E-state index contributed by atoms with van der Waals surface area (Å²) in [6.45, 7) is 8.84. The maximum atomic E-state index is 13.2. The molecule has 1 atom stereocenters. The van der Waals surface area contributed by atoms with Crippen LogP contribution in [0.1, 0.15) is 19.4 Å². The molecule has 2 aromatic carbocycles. The molecule has 1 aliphatic rings. The van der Waals surface area contributed by atoms with Crippen molar-refractivity contribution in [2.24, 2.45) is 5.92 Å². The van der Waals surface area contributed by atoms with Crippen LogP contribution < -0.4 is 5.32 Å². The van der Waals surface area contributed by atoms with Gasteiger partial charge in [0.25, 0.3) is 5.91 Å². The van der Waals surface area contributed by atoms with Gasteiger partial charge < -0.3 is 15.0 Å². The molecule has 1 fully saturated rings. The third kappa shape index (κ3) is 4.79. The van der Waals surface area contributed by atoms with Gasteiger partial charge in [-0.25, -0.2) is 0 Å². The average molecular weight is 407 g/mol. The van der Waals surface area contributed by atoms with Gasteiger partial charge >= 0.3 is 0 Å². The van der Waals surface area contributed by atoms with Gasteiger partial charge in [-0.2, -0.15) is 0 Å². The lowest BCUT2D eigenvalue weighted by Gasteiger charge is -2.42. The molecule has 0 spiro atoms. The molecule has 0 aliphatic carbocycles. The zero-order valence-electron chi connectivity index (χ0n) is 17.8. The number of carbonyl (C=O) groups excluding carboxylic acids is 2. The Morgan fingerprint density at radius 2 is 1.87 bits per heavy atom. The Bertz CT molecular complexity index is 894. The van der Waals surface area contributed by atoms with E-state index in [9.17, 15) is 9.59 Å². The summed E-state index contributed by atoms with van der Waals surface area (Å²) in [5, 5.41) is 2.89. The molecule has 3 rings (SSSR count). The maximum absolute atomic E-state index is 13.2. The van der Waals surface area contributed by atoms with Crippen LogP contribution in [0.15, 0.2) is 67.3 Å². The molecular formula is C25H30N2O3. The first-order chi connectivity index (χ1) is 14.5. The Balaban J connectivity index is 1.97. The fraction of sp³-hybridized carbons (Fsp3) is 0.360. The van der Waals surface area contributed by atoms with Crippen LogP contribution in [0.25, 0.3) is 11.1 Å². The molecule has 0 aromatic heterocycles. The molecule has 5 nitrogen and oxygen atoms in total. The minimum atomic E-state index is -1.14. The van der Waals surface area contributed by atoms with Crippen LogP contribution in [0.2, 0.25) is 0 Å². The lowest BCUT2D eigenvalue weighted by Crippen LogP contribution is -2.62. The smallest absolute Gasteiger partial charge is 0.254 e. The van der Waals surface area contributed by atoms with E-state index in [1.54, 1.807) is 11.0 Å². The maximum Gasteiger partial charge on any atom is 0.254 e. The first kappa shape index (κ1) is 21.8. The van der Waals surface area contributed by atoms with Gasteiger partial charge in [0, 0.05) is 25.4 Å². The fourth-order valence-electron chi connectivity index (χ4n) is 3.87. The highest BCUT2D eigenvalue weighted by Gasteiger charge is 2.45. The predicted octanol–water partition coefficient (Wildman–Crippen LogP) is 3.45. The summed E-state index contributed by atoms with van der Waals surface area (Å²) >= 11 is 0. The van der Waals surface area contributed by atoms with Crippen LogP contribution in [0.5, 0.6) is 0 Å². The van der Waals surface area contributed by atoms with Crippen LogP contribution >= 0.6 is 0 Å². The summed E-state index contributed by atoms with van der Waals surface area (Å²) in [4.78, 5) is 27.7. The van der Waals surface area contributed by atoms with Gasteiger partial charge in [-0.05, 0) is 16.7 Å². The van der Waals surface area contributed by atoms with E-state index in [1.165, 1.54) is 0 Å². The van der Waals surface area contributed by atoms with Crippen LogP contribution in [0.3, 0.4) is 0 Å². The topological polar surface area (TPSA) is 58.6 Å². The third-order valence-corrected chi connectivity index (χ3v) is 5.39. The molecule has 0 unspecified atom stereocenters. The summed E-state index contributed by atoms with van der Waals surface area (Å²) in [6, 6.07) is 18.1. The van der Waals surface area contributed by atoms with Crippen LogP contribution in [0, 0.1) is 5.92 Å². The van der Waals surface area contributed by atoms with E-state index in [2.05, 4.69) is 30.1 Å². The second-order valence-corrected chi connectivity index (χ2v) is 7.96. The summed E-state index contributed by atoms with van der Waals surface area (Å²) in [7, 11) is 0. The molecule has 0 radical (unpaired) electrons. The molecule has 30 heavy (non-hydrogen) atoms. The number of amides is 2. The molecule has 1 saturated heterocycles. The Morgan fingerprint density at radius 3 is 2.57 bits per heavy atom. The number of carbonyl (C=O) groups is 2. The molecule has 1 N–H and O–H groups in total. The van der Waals surface area contributed by atoms with E-state index in [0.29, 0.717) is 26.1 Å². The molecule has 0 bridgehead atoms. The highest BCUT2D eigenvalue weighted by Crippen LogP contribution is 2.30. The van der Waals surface area contributed by atoms with Gasteiger partial charge in [0.2, 0.25) is 5.91 Å². The number of hydrogen-bond donors (Lipinski definition) is 1. The quantitative estimate of drug-likeness (QED) is 0.717. The van der Waals surface area contributed by atoms with Gasteiger partial charge in [-0.1, -0.05) is 74.5 Å². The van der Waals surface area contributed by atoms with Crippen molar-refractivity contribution in [2.75, 3.05) is 26.2 Å². The number of rotatable bonds is 7. The Morgan fingerprint density at radius 1 is 1.17 bits per heavy atom. The first-order valence-electron chi connectivity index (χ1n) is 10.4. The molecular weight excluding hydrogens is 376 g/mol. The average Bonchev–Trinajstić information content (AvgIpc) is 2.78. The zero-order chi connectivity index (χ0) is 21.6. The fourth-order valence-corrected chi connectivity index (χ4v) is 3.87. The largest absolute Gasteiger partial charge is 0.361 e. The molecule has 2 amide bonds. The van der Waals surface area contributed by atoms with E-state index < -0.39 is 5.60 Å². The minimum absolute atomic E-state index is 0.0375. The van der Waals surface area contributed by atoms with E-state index in [4.69, 9.17) is 4.74 Å². The van der Waals surface area contributed by atoms with Crippen molar-refractivity contribution in [2.45, 2.75) is 25.9 Å². The second-order valence-electron chi connectivity index (χ2n) is 7.96. The van der Waals surface area contributed by atoms with E-state index in [0.717, 1.165) is 16.7 Å². The third-order valence-electron chi connectivity index (χ3n) is 5.39. The monoisotopic (exact) mass is 406 g/mol. The number of morpholine rings is 1. The van der Waals surface area contributed by atoms with E-state index >= 15 is 0 Å². The van der Waals surface area contributed by atoms with Crippen LogP contribution in [0.4, 0.5) is 0 Å². The van der Waals surface area contributed by atoms with Crippen molar-refractivity contribution in [3.8, 4) is 11.1 Å². The van der Waals surface area contributed by atoms with E-state index in [-0.39, 0.29) is 24.3 Å². The van der Waals surface area contributed by atoms with Crippen molar-refractivity contribution >= 4 is 11.8 Å². The number of nitrogens with zero attached hydrogens (tertiary/aromatic N) is 1. The van der Waals surface area contributed by atoms with Crippen molar-refractivity contribution in [1.82, 2.24) is 10.2 Å². The van der Waals surface area contributed by atoms with Gasteiger partial charge in [0.05, 0.1) is 13.2 Å². The van der Waals surface area contributed by atoms with Crippen molar-refractivity contribution in [1.29, 1.82) is 0 Å². The first-order valence-corrected chi connectivity index (χ1v) is 10.4. The summed E-state index contributed by atoms with van der Waals surface area (Å²) in [5.74, 6) is -0.310. The van der Waals surface area contributed by atoms with Crippen LogP contribution in [-0.2, 0) is 20.7 Å². The normalized spacial score (nSPS) is 18.8. The van der Waals surface area contributed by atoms with E-state index in [1.807, 2.05) is 50.2 Å². The molecule has 1 heterocycles. The van der Waals surface area contributed by atoms with Gasteiger partial charge in [0.1, 0.15) is 0 Å². The SMILES string of the molecule is C=CCNC(=O)[C@@]1(Cc2ccccc2-c2ccccc2)CN(C(=O)C(C)C)CCO1. The van der Waals surface area contributed by atoms with Crippen molar-refractivity contribution in [3.05, 3.63) is 72.8 Å². The molecule has 158 valence electrons. The zero-order valence-corrected chi connectivity index (χ0v) is 17.8. The summed E-state index contributed by atoms with van der Waals surface area (Å²) < 4.78 is 6.14. The number of nitrogens with one attached hydrogen (secondary N) is 1. The molecule has 0 saturated carbocycles. The Labute approximate surface area is 178 Å². The minimum Gasteiger partial charge on any atom is -0.361 e. The lowest BCUT2D eigenvalue weighted by atomic mass is 9.87. The lowest BCUT2D eigenvalue weighted by molar-refractivity contribution is -0.167.